The fraction of sp³-hybridized carbons (Fsp3) is 0.923. The number of rotatable bonds is 7. The van der Waals surface area contributed by atoms with E-state index in [9.17, 15) is 4.79 Å². The summed E-state index contributed by atoms with van der Waals surface area (Å²) < 4.78 is 0. The lowest BCUT2D eigenvalue weighted by Gasteiger charge is -2.17. The van der Waals surface area contributed by atoms with E-state index in [1.165, 1.54) is 12.2 Å². The maximum absolute atomic E-state index is 11.6. The van der Waals surface area contributed by atoms with Crippen molar-refractivity contribution in [1.82, 2.24) is 0 Å². The fourth-order valence-corrected chi connectivity index (χ4v) is 2.26. The second kappa shape index (κ2) is 7.32. The molecule has 0 saturated heterocycles. The second-order valence-corrected chi connectivity index (χ2v) is 7.03. The van der Waals surface area contributed by atoms with Crippen molar-refractivity contribution in [2.24, 2.45) is 5.41 Å². The monoisotopic (exact) mass is 230 g/mol. The predicted molar refractivity (Wildman–Crippen MR) is 70.5 cm³/mol. The summed E-state index contributed by atoms with van der Waals surface area (Å²) in [5.41, 5.74) is 0.287. The molecule has 2 heteroatoms. The van der Waals surface area contributed by atoms with Crippen LogP contribution in [0.4, 0.5) is 0 Å². The smallest absolute Gasteiger partial charge is 0.134 e. The van der Waals surface area contributed by atoms with Crippen molar-refractivity contribution in [2.75, 3.05) is 5.75 Å². The van der Waals surface area contributed by atoms with Gasteiger partial charge in [-0.15, -0.1) is 0 Å². The van der Waals surface area contributed by atoms with E-state index in [4.69, 9.17) is 0 Å². The lowest BCUT2D eigenvalue weighted by atomic mass is 9.89. The van der Waals surface area contributed by atoms with Crippen LogP contribution < -0.4 is 0 Å². The lowest BCUT2D eigenvalue weighted by molar-refractivity contribution is -0.119. The molecule has 0 radical (unpaired) electrons. The van der Waals surface area contributed by atoms with E-state index in [0.717, 1.165) is 19.3 Å². The molecule has 0 aliphatic carbocycles. The lowest BCUT2D eigenvalue weighted by Crippen LogP contribution is -2.12. The molecule has 0 aromatic carbocycles. The highest BCUT2D eigenvalue weighted by molar-refractivity contribution is 7.99. The van der Waals surface area contributed by atoms with Gasteiger partial charge in [-0.05, 0) is 24.0 Å². The van der Waals surface area contributed by atoms with E-state index in [2.05, 4.69) is 34.6 Å². The van der Waals surface area contributed by atoms with Crippen molar-refractivity contribution in [3.63, 3.8) is 0 Å². The van der Waals surface area contributed by atoms with Crippen LogP contribution in [0.3, 0.4) is 0 Å². The zero-order valence-corrected chi connectivity index (χ0v) is 11.7. The first-order chi connectivity index (χ1) is 6.85. The molecule has 1 unspecified atom stereocenters. The van der Waals surface area contributed by atoms with E-state index in [-0.39, 0.29) is 5.41 Å². The minimum absolute atomic E-state index is 0.287. The predicted octanol–water partition coefficient (Wildman–Crippen LogP) is 4.30. The van der Waals surface area contributed by atoms with Crippen LogP contribution in [-0.4, -0.2) is 16.8 Å². The largest absolute Gasteiger partial charge is 0.300 e. The van der Waals surface area contributed by atoms with E-state index >= 15 is 0 Å². The summed E-state index contributed by atoms with van der Waals surface area (Å²) in [5.74, 6) is 1.61. The van der Waals surface area contributed by atoms with E-state index in [1.807, 2.05) is 11.8 Å². The van der Waals surface area contributed by atoms with Crippen molar-refractivity contribution < 1.29 is 4.79 Å². The van der Waals surface area contributed by atoms with Gasteiger partial charge in [0, 0.05) is 18.1 Å². The van der Waals surface area contributed by atoms with Crippen LogP contribution in [0.15, 0.2) is 0 Å². The molecule has 0 heterocycles. The second-order valence-electron chi connectivity index (χ2n) is 5.48. The molecule has 90 valence electrons. The quantitative estimate of drug-likeness (QED) is 0.648. The van der Waals surface area contributed by atoms with Gasteiger partial charge in [0.25, 0.3) is 0 Å². The van der Waals surface area contributed by atoms with Crippen LogP contribution in [0.25, 0.3) is 0 Å². The molecular formula is C13H26OS. The molecule has 0 aliphatic rings. The minimum atomic E-state index is 0.287. The summed E-state index contributed by atoms with van der Waals surface area (Å²) >= 11 is 1.92. The zero-order valence-electron chi connectivity index (χ0n) is 10.9. The molecule has 0 spiro atoms. The molecule has 0 bridgehead atoms. The Morgan fingerprint density at radius 2 is 1.93 bits per heavy atom. The van der Waals surface area contributed by atoms with Gasteiger partial charge in [-0.25, -0.2) is 0 Å². The van der Waals surface area contributed by atoms with Crippen LogP contribution in [-0.2, 0) is 4.79 Å². The van der Waals surface area contributed by atoms with Gasteiger partial charge in [0.1, 0.15) is 5.78 Å². The van der Waals surface area contributed by atoms with Gasteiger partial charge >= 0.3 is 0 Å². The number of hydrogen-bond acceptors (Lipinski definition) is 2. The normalized spacial score (nSPS) is 13.9. The number of thioether (sulfide) groups is 1. The maximum Gasteiger partial charge on any atom is 0.134 e. The Morgan fingerprint density at radius 3 is 2.40 bits per heavy atom. The van der Waals surface area contributed by atoms with E-state index < -0.39 is 0 Å². The molecular weight excluding hydrogens is 204 g/mol. The van der Waals surface area contributed by atoms with Gasteiger partial charge in [0.05, 0.1) is 0 Å². The average Bonchev–Trinajstić information content (AvgIpc) is 2.10. The summed E-state index contributed by atoms with van der Waals surface area (Å²) in [5, 5.41) is 0.498. The Hall–Kier alpha value is 0.0200. The number of carbonyl (C=O) groups is 1. The van der Waals surface area contributed by atoms with Gasteiger partial charge in [-0.1, -0.05) is 34.6 Å². The molecule has 1 nitrogen and oxygen atoms in total. The van der Waals surface area contributed by atoms with Crippen LogP contribution in [0, 0.1) is 5.41 Å². The van der Waals surface area contributed by atoms with Crippen LogP contribution in [0.5, 0.6) is 0 Å². The SMILES string of the molecule is CCCSC(C)CC(=O)CCC(C)(C)C. The van der Waals surface area contributed by atoms with Gasteiger partial charge in [0.15, 0.2) is 0 Å². The van der Waals surface area contributed by atoms with Crippen LogP contribution in [0.1, 0.15) is 60.3 Å². The highest BCUT2D eigenvalue weighted by Crippen LogP contribution is 2.22. The molecule has 0 aromatic heterocycles. The molecule has 0 aromatic rings. The third-order valence-corrected chi connectivity index (χ3v) is 3.66. The summed E-state index contributed by atoms with van der Waals surface area (Å²) in [6.45, 7) is 10.9. The third-order valence-electron chi connectivity index (χ3n) is 2.28. The van der Waals surface area contributed by atoms with Crippen molar-refractivity contribution in [1.29, 1.82) is 0 Å². The number of Topliss-reactive ketones (excluding diaryl/α,β-unsaturated/α-hetero) is 1. The van der Waals surface area contributed by atoms with E-state index in [0.29, 0.717) is 11.0 Å². The van der Waals surface area contributed by atoms with Gasteiger partial charge < -0.3 is 0 Å². The maximum atomic E-state index is 11.6. The molecule has 0 aliphatic heterocycles. The first-order valence-corrected chi connectivity index (χ1v) is 7.03. The highest BCUT2D eigenvalue weighted by Gasteiger charge is 2.14. The molecule has 0 N–H and O–H groups in total. The third kappa shape index (κ3) is 10.3. The van der Waals surface area contributed by atoms with Crippen molar-refractivity contribution in [3.8, 4) is 0 Å². The number of ketones is 1. The van der Waals surface area contributed by atoms with Crippen molar-refractivity contribution in [2.45, 2.75) is 65.6 Å². The Bertz CT molecular complexity index is 181. The van der Waals surface area contributed by atoms with Crippen LogP contribution in [0.2, 0.25) is 0 Å². The summed E-state index contributed by atoms with van der Waals surface area (Å²) in [4.78, 5) is 11.6. The Kier molecular flexibility index (Phi) is 7.33. The Balaban J connectivity index is 3.64. The molecule has 0 fully saturated rings. The first-order valence-electron chi connectivity index (χ1n) is 5.98. The molecule has 1 atom stereocenters. The summed E-state index contributed by atoms with van der Waals surface area (Å²) in [6.07, 6.45) is 3.71. The first kappa shape index (κ1) is 15.0. The Morgan fingerprint density at radius 1 is 1.33 bits per heavy atom. The molecule has 15 heavy (non-hydrogen) atoms. The average molecular weight is 230 g/mol. The Labute approximate surface area is 99.4 Å². The minimum Gasteiger partial charge on any atom is -0.300 e. The highest BCUT2D eigenvalue weighted by atomic mass is 32.2. The summed E-state index contributed by atoms with van der Waals surface area (Å²) in [6, 6.07) is 0. The van der Waals surface area contributed by atoms with Gasteiger partial charge in [-0.2, -0.15) is 11.8 Å². The zero-order chi connectivity index (χ0) is 11.9. The van der Waals surface area contributed by atoms with Crippen LogP contribution >= 0.6 is 11.8 Å². The summed E-state index contributed by atoms with van der Waals surface area (Å²) in [7, 11) is 0. The topological polar surface area (TPSA) is 17.1 Å². The molecule has 0 saturated carbocycles. The fourth-order valence-electron chi connectivity index (χ4n) is 1.32. The standard InChI is InChI=1S/C13H26OS/c1-6-9-15-11(2)10-12(14)7-8-13(3,4)5/h11H,6-10H2,1-5H3. The van der Waals surface area contributed by atoms with Gasteiger partial charge in [0.2, 0.25) is 0 Å². The molecule has 0 amide bonds. The number of carbonyl (C=O) groups excluding carboxylic acids is 1. The van der Waals surface area contributed by atoms with E-state index in [1.54, 1.807) is 0 Å². The van der Waals surface area contributed by atoms with Crippen molar-refractivity contribution >= 4 is 17.5 Å². The van der Waals surface area contributed by atoms with Crippen molar-refractivity contribution in [3.05, 3.63) is 0 Å². The molecule has 0 rings (SSSR count). The number of hydrogen-bond donors (Lipinski definition) is 0. The van der Waals surface area contributed by atoms with Gasteiger partial charge in [-0.3, -0.25) is 4.79 Å².